The second-order valence-corrected chi connectivity index (χ2v) is 7.63. The molecule has 1 aromatic heterocycles. The van der Waals surface area contributed by atoms with Crippen molar-refractivity contribution in [1.82, 2.24) is 0 Å². The van der Waals surface area contributed by atoms with Gasteiger partial charge in [0.05, 0.1) is 33.1 Å². The third-order valence-electron chi connectivity index (χ3n) is 5.75. The van der Waals surface area contributed by atoms with E-state index in [-0.39, 0.29) is 28.7 Å². The van der Waals surface area contributed by atoms with Gasteiger partial charge in [0.25, 0.3) is 0 Å². The molecule has 1 aliphatic heterocycles. The van der Waals surface area contributed by atoms with Gasteiger partial charge in [0, 0.05) is 23.1 Å². The van der Waals surface area contributed by atoms with Crippen molar-refractivity contribution < 1.29 is 38.1 Å². The fourth-order valence-electron chi connectivity index (χ4n) is 4.40. The predicted octanol–water partition coefficient (Wildman–Crippen LogP) is 3.48. The maximum absolute atomic E-state index is 12.6. The van der Waals surface area contributed by atoms with E-state index in [1.165, 1.54) is 34.3 Å². The molecule has 0 spiro atoms. The van der Waals surface area contributed by atoms with Crippen molar-refractivity contribution >= 4 is 22.7 Å². The second kappa shape index (κ2) is 8.16. The van der Waals surface area contributed by atoms with Gasteiger partial charge in [0.2, 0.25) is 5.75 Å². The molecule has 0 fully saturated rings. The summed E-state index contributed by atoms with van der Waals surface area (Å²) in [5, 5.41) is 11.1. The number of rotatable bonds is 5. The molecule has 3 aromatic rings. The number of Topliss-reactive ketones (excluding diaryl/α,β-unsaturated/α-hetero) is 1. The van der Waals surface area contributed by atoms with Crippen molar-refractivity contribution in [3.63, 3.8) is 0 Å². The van der Waals surface area contributed by atoms with Crippen LogP contribution in [-0.2, 0) is 4.79 Å². The van der Waals surface area contributed by atoms with Crippen LogP contribution in [-0.4, -0.2) is 38.2 Å². The molecule has 0 amide bonds. The van der Waals surface area contributed by atoms with Gasteiger partial charge in [-0.3, -0.25) is 9.59 Å². The number of carbonyl (C=O) groups excluding carboxylic acids is 2. The maximum atomic E-state index is 12.6. The van der Waals surface area contributed by atoms with E-state index >= 15 is 0 Å². The summed E-state index contributed by atoms with van der Waals surface area (Å²) in [7, 11) is 4.39. The zero-order chi connectivity index (χ0) is 24.0. The minimum atomic E-state index is -0.734. The molecule has 0 unspecified atom stereocenters. The van der Waals surface area contributed by atoms with Crippen molar-refractivity contribution in [3.05, 3.63) is 50.9 Å². The topological polar surface area (TPSA) is 122 Å². The van der Waals surface area contributed by atoms with Crippen LogP contribution in [0.25, 0.3) is 11.0 Å². The number of phenols is 1. The second-order valence-electron chi connectivity index (χ2n) is 7.63. The summed E-state index contributed by atoms with van der Waals surface area (Å²) in [4.78, 5) is 37.4. The van der Waals surface area contributed by atoms with E-state index in [1.54, 1.807) is 19.1 Å². The molecule has 4 rings (SSSR count). The Bertz CT molecular complexity index is 1370. The number of aromatic hydroxyl groups is 1. The van der Waals surface area contributed by atoms with Crippen molar-refractivity contribution in [1.29, 1.82) is 0 Å². The first-order chi connectivity index (χ1) is 15.7. The van der Waals surface area contributed by atoms with Gasteiger partial charge in [-0.2, -0.15) is 0 Å². The fourth-order valence-corrected chi connectivity index (χ4v) is 4.40. The molecule has 33 heavy (non-hydrogen) atoms. The minimum absolute atomic E-state index is 0.0341. The Hall–Kier alpha value is -4.01. The standard InChI is InChI=1S/C24H22O9/c1-10-8-15(26)32-23-17(10)20(28)18(11(2)25)24-19(23)13(9-16(27)33-24)12-6-7-14(29-3)22(31-5)21(12)30-4/h6-8,13,28H,9H2,1-5H3/t13-/m0/s1. The molecule has 9 nitrogen and oxygen atoms in total. The minimum Gasteiger partial charge on any atom is -0.506 e. The Morgan fingerprint density at radius 1 is 1.09 bits per heavy atom. The summed E-state index contributed by atoms with van der Waals surface area (Å²) in [6, 6.07) is 4.58. The molecule has 1 aliphatic rings. The number of fused-ring (bicyclic) bond motifs is 3. The zero-order valence-electron chi connectivity index (χ0n) is 18.7. The van der Waals surface area contributed by atoms with Crippen molar-refractivity contribution in [2.24, 2.45) is 0 Å². The highest BCUT2D eigenvalue weighted by Crippen LogP contribution is 2.53. The number of phenolic OH excluding ortho intramolecular Hbond substituents is 1. The molecule has 0 aliphatic carbocycles. The fraction of sp³-hybridized carbons (Fsp3) is 0.292. The number of benzene rings is 2. The van der Waals surface area contributed by atoms with Crippen molar-refractivity contribution in [2.45, 2.75) is 26.2 Å². The van der Waals surface area contributed by atoms with Gasteiger partial charge < -0.3 is 28.5 Å². The lowest BCUT2D eigenvalue weighted by atomic mass is 9.82. The lowest BCUT2D eigenvalue weighted by molar-refractivity contribution is -0.135. The zero-order valence-corrected chi connectivity index (χ0v) is 18.7. The number of aryl methyl sites for hydroxylation is 1. The number of esters is 1. The highest BCUT2D eigenvalue weighted by atomic mass is 16.5. The Morgan fingerprint density at radius 2 is 1.79 bits per heavy atom. The Kier molecular flexibility index (Phi) is 5.49. The molecule has 0 saturated heterocycles. The number of ether oxygens (including phenoxy) is 4. The predicted molar refractivity (Wildman–Crippen MR) is 117 cm³/mol. The third kappa shape index (κ3) is 3.36. The Balaban J connectivity index is 2.17. The van der Waals surface area contributed by atoms with Crippen LogP contribution in [0.5, 0.6) is 28.7 Å². The molecule has 1 N–H and O–H groups in total. The first kappa shape index (κ1) is 22.2. The molecular weight excluding hydrogens is 432 g/mol. The summed E-state index contributed by atoms with van der Waals surface area (Å²) in [5.74, 6) is -1.39. The van der Waals surface area contributed by atoms with E-state index in [0.29, 0.717) is 33.9 Å². The van der Waals surface area contributed by atoms with E-state index in [1.807, 2.05) is 0 Å². The normalized spacial score (nSPS) is 15.1. The van der Waals surface area contributed by atoms with Crippen LogP contribution in [0.4, 0.5) is 0 Å². The molecule has 0 radical (unpaired) electrons. The first-order valence-corrected chi connectivity index (χ1v) is 10.1. The molecule has 2 aromatic carbocycles. The van der Waals surface area contributed by atoms with Gasteiger partial charge in [-0.15, -0.1) is 0 Å². The third-order valence-corrected chi connectivity index (χ3v) is 5.75. The summed E-state index contributed by atoms with van der Waals surface area (Å²) in [6.45, 7) is 2.88. The highest BCUT2D eigenvalue weighted by molar-refractivity contribution is 6.09. The molecule has 0 saturated carbocycles. The monoisotopic (exact) mass is 454 g/mol. The summed E-state index contributed by atoms with van der Waals surface area (Å²) in [6.07, 6.45) is -0.131. The van der Waals surface area contributed by atoms with Gasteiger partial charge in [0.1, 0.15) is 16.9 Å². The molecule has 9 heteroatoms. The van der Waals surface area contributed by atoms with Crippen LogP contribution in [0, 0.1) is 6.92 Å². The summed E-state index contributed by atoms with van der Waals surface area (Å²) < 4.78 is 27.4. The smallest absolute Gasteiger partial charge is 0.336 e. The van der Waals surface area contributed by atoms with Crippen LogP contribution in [0.3, 0.4) is 0 Å². The van der Waals surface area contributed by atoms with Crippen LogP contribution < -0.4 is 24.6 Å². The number of methoxy groups -OCH3 is 3. The highest BCUT2D eigenvalue weighted by Gasteiger charge is 2.39. The SMILES string of the molecule is COc1ccc([C@@H]2CC(=O)Oc3c(C(C)=O)c(O)c4c(C)cc(=O)oc4c32)c(OC)c1OC. The van der Waals surface area contributed by atoms with E-state index < -0.39 is 29.0 Å². The Morgan fingerprint density at radius 3 is 2.39 bits per heavy atom. The van der Waals surface area contributed by atoms with Crippen LogP contribution in [0.15, 0.2) is 27.4 Å². The van der Waals surface area contributed by atoms with Gasteiger partial charge >= 0.3 is 11.6 Å². The van der Waals surface area contributed by atoms with Crippen molar-refractivity contribution in [3.8, 4) is 28.7 Å². The lowest BCUT2D eigenvalue weighted by Gasteiger charge is -2.29. The van der Waals surface area contributed by atoms with Crippen LogP contribution >= 0.6 is 0 Å². The Labute approximate surface area is 188 Å². The molecule has 172 valence electrons. The van der Waals surface area contributed by atoms with Gasteiger partial charge in [-0.1, -0.05) is 6.07 Å². The largest absolute Gasteiger partial charge is 0.506 e. The first-order valence-electron chi connectivity index (χ1n) is 10.1. The average Bonchev–Trinajstić information content (AvgIpc) is 2.76. The lowest BCUT2D eigenvalue weighted by Crippen LogP contribution is -2.24. The molecule has 2 heterocycles. The molecule has 1 atom stereocenters. The van der Waals surface area contributed by atoms with Crippen LogP contribution in [0.2, 0.25) is 0 Å². The molecular formula is C24H22O9. The van der Waals surface area contributed by atoms with Gasteiger partial charge in [-0.25, -0.2) is 4.79 Å². The van der Waals surface area contributed by atoms with E-state index in [2.05, 4.69) is 0 Å². The maximum Gasteiger partial charge on any atom is 0.336 e. The van der Waals surface area contributed by atoms with E-state index in [4.69, 9.17) is 23.4 Å². The average molecular weight is 454 g/mol. The number of ketones is 1. The number of hydrogen-bond acceptors (Lipinski definition) is 9. The van der Waals surface area contributed by atoms with E-state index in [9.17, 15) is 19.5 Å². The quantitative estimate of drug-likeness (QED) is 0.267. The van der Waals surface area contributed by atoms with Crippen molar-refractivity contribution in [2.75, 3.05) is 21.3 Å². The number of carbonyl (C=O) groups is 2. The summed E-state index contributed by atoms with van der Waals surface area (Å²) in [5.41, 5.74) is 0.461. The molecule has 0 bridgehead atoms. The number of hydrogen-bond donors (Lipinski definition) is 1. The van der Waals surface area contributed by atoms with E-state index in [0.717, 1.165) is 0 Å². The summed E-state index contributed by atoms with van der Waals surface area (Å²) >= 11 is 0. The van der Waals surface area contributed by atoms with Gasteiger partial charge in [-0.05, 0) is 25.5 Å². The van der Waals surface area contributed by atoms with Crippen LogP contribution in [0.1, 0.15) is 46.3 Å². The van der Waals surface area contributed by atoms with Gasteiger partial charge in [0.15, 0.2) is 23.0 Å².